The highest BCUT2D eigenvalue weighted by molar-refractivity contribution is 7.41. The summed E-state index contributed by atoms with van der Waals surface area (Å²) in [6, 6.07) is 12.1. The standard InChI is InChI=1S/C22H31O3P/c1-15-11-9-13-17(21(3,4)5)19(15)24-26(23)25-20-16(2)12-10-14-18(20)22(6,7)8/h9-14,23H,1-8H3. The molecule has 2 aromatic rings. The van der Waals surface area contributed by atoms with E-state index in [1.807, 2.05) is 50.2 Å². The summed E-state index contributed by atoms with van der Waals surface area (Å²) in [5.41, 5.74) is 3.92. The van der Waals surface area contributed by atoms with Gasteiger partial charge in [-0.25, -0.2) is 0 Å². The van der Waals surface area contributed by atoms with Crippen molar-refractivity contribution in [1.82, 2.24) is 0 Å². The zero-order valence-electron chi connectivity index (χ0n) is 17.2. The van der Waals surface area contributed by atoms with Gasteiger partial charge in [0.25, 0.3) is 0 Å². The molecule has 0 aliphatic carbocycles. The lowest BCUT2D eigenvalue weighted by atomic mass is 9.85. The summed E-state index contributed by atoms with van der Waals surface area (Å²) in [6.07, 6.45) is 0. The van der Waals surface area contributed by atoms with E-state index in [-0.39, 0.29) is 10.8 Å². The van der Waals surface area contributed by atoms with Crippen LogP contribution >= 0.6 is 8.60 Å². The summed E-state index contributed by atoms with van der Waals surface area (Å²) in [4.78, 5) is 10.6. The molecule has 0 unspecified atom stereocenters. The van der Waals surface area contributed by atoms with Gasteiger partial charge in [-0.1, -0.05) is 77.9 Å². The van der Waals surface area contributed by atoms with Crippen LogP contribution in [0.2, 0.25) is 0 Å². The van der Waals surface area contributed by atoms with Gasteiger partial charge in [0.1, 0.15) is 11.5 Å². The van der Waals surface area contributed by atoms with Crippen molar-refractivity contribution in [3.8, 4) is 11.5 Å². The van der Waals surface area contributed by atoms with E-state index < -0.39 is 8.60 Å². The Morgan fingerprint density at radius 1 is 0.692 bits per heavy atom. The van der Waals surface area contributed by atoms with Crippen LogP contribution in [0.3, 0.4) is 0 Å². The van der Waals surface area contributed by atoms with Crippen molar-refractivity contribution < 1.29 is 13.9 Å². The van der Waals surface area contributed by atoms with Gasteiger partial charge in [0.2, 0.25) is 0 Å². The van der Waals surface area contributed by atoms with E-state index in [2.05, 4.69) is 41.5 Å². The third-order valence-corrected chi connectivity index (χ3v) is 5.06. The number of benzene rings is 2. The second-order valence-electron chi connectivity index (χ2n) is 8.82. The molecule has 0 fully saturated rings. The zero-order chi connectivity index (χ0) is 19.7. The first kappa shape index (κ1) is 20.7. The van der Waals surface area contributed by atoms with Crippen molar-refractivity contribution in [3.63, 3.8) is 0 Å². The second kappa shape index (κ2) is 7.58. The number of rotatable bonds is 4. The Bertz CT molecular complexity index is 704. The number of hydrogen-bond acceptors (Lipinski definition) is 3. The Morgan fingerprint density at radius 3 is 1.35 bits per heavy atom. The third kappa shape index (κ3) is 4.78. The number of hydrogen-bond donors (Lipinski definition) is 1. The van der Waals surface area contributed by atoms with E-state index in [0.29, 0.717) is 11.5 Å². The largest absolute Gasteiger partial charge is 0.460 e. The molecule has 0 amide bonds. The number of para-hydroxylation sites is 2. The van der Waals surface area contributed by atoms with Crippen LogP contribution in [0.25, 0.3) is 0 Å². The van der Waals surface area contributed by atoms with Gasteiger partial charge in [-0.3, -0.25) is 0 Å². The van der Waals surface area contributed by atoms with Crippen LogP contribution in [0, 0.1) is 13.8 Å². The van der Waals surface area contributed by atoms with Gasteiger partial charge in [-0.15, -0.1) is 0 Å². The number of aryl methyl sites for hydroxylation is 2. The summed E-state index contributed by atoms with van der Waals surface area (Å²) in [7, 11) is -2.09. The molecule has 0 bridgehead atoms. The Morgan fingerprint density at radius 2 is 1.04 bits per heavy atom. The SMILES string of the molecule is Cc1cccc(C(C)(C)C)c1OP(O)Oc1c(C)cccc1C(C)(C)C. The van der Waals surface area contributed by atoms with Crippen LogP contribution in [-0.2, 0) is 10.8 Å². The molecule has 3 nitrogen and oxygen atoms in total. The molecular formula is C22H31O3P. The van der Waals surface area contributed by atoms with E-state index in [1.54, 1.807) is 0 Å². The van der Waals surface area contributed by atoms with Gasteiger partial charge in [0.05, 0.1) is 0 Å². The maximum absolute atomic E-state index is 10.6. The van der Waals surface area contributed by atoms with Crippen molar-refractivity contribution in [1.29, 1.82) is 0 Å². The fourth-order valence-electron chi connectivity index (χ4n) is 2.90. The maximum Gasteiger partial charge on any atom is 0.460 e. The van der Waals surface area contributed by atoms with Crippen molar-refractivity contribution >= 4 is 8.60 Å². The molecule has 0 radical (unpaired) electrons. The van der Waals surface area contributed by atoms with Crippen LogP contribution in [0.4, 0.5) is 0 Å². The van der Waals surface area contributed by atoms with Gasteiger partial charge in [-0.2, -0.15) is 0 Å². The molecule has 0 aliphatic rings. The smallest absolute Gasteiger partial charge is 0.417 e. The first-order valence-electron chi connectivity index (χ1n) is 8.96. The molecule has 142 valence electrons. The molecule has 0 spiro atoms. The Balaban J connectivity index is 2.34. The summed E-state index contributed by atoms with van der Waals surface area (Å²) in [6.45, 7) is 16.8. The molecule has 1 N–H and O–H groups in total. The molecule has 26 heavy (non-hydrogen) atoms. The predicted molar refractivity (Wildman–Crippen MR) is 110 cm³/mol. The Kier molecular flexibility index (Phi) is 6.05. The minimum atomic E-state index is -2.09. The third-order valence-electron chi connectivity index (χ3n) is 4.38. The monoisotopic (exact) mass is 374 g/mol. The second-order valence-corrected chi connectivity index (χ2v) is 9.66. The molecule has 0 heterocycles. The van der Waals surface area contributed by atoms with E-state index in [9.17, 15) is 4.89 Å². The Labute approximate surface area is 159 Å². The average Bonchev–Trinajstić information content (AvgIpc) is 2.49. The fourth-order valence-corrected chi connectivity index (χ4v) is 3.74. The fraction of sp³-hybridized carbons (Fsp3) is 0.455. The molecule has 0 atom stereocenters. The van der Waals surface area contributed by atoms with Crippen molar-refractivity contribution in [2.45, 2.75) is 66.2 Å². The van der Waals surface area contributed by atoms with Gasteiger partial charge >= 0.3 is 8.60 Å². The van der Waals surface area contributed by atoms with Crippen LogP contribution in [0.5, 0.6) is 11.5 Å². The summed E-state index contributed by atoms with van der Waals surface area (Å²) < 4.78 is 11.9. The lowest BCUT2D eigenvalue weighted by Crippen LogP contribution is -2.15. The van der Waals surface area contributed by atoms with Crippen LogP contribution in [0.15, 0.2) is 36.4 Å². The van der Waals surface area contributed by atoms with Gasteiger partial charge in [0, 0.05) is 11.1 Å². The lowest BCUT2D eigenvalue weighted by Gasteiger charge is -2.27. The van der Waals surface area contributed by atoms with E-state index >= 15 is 0 Å². The predicted octanol–water partition coefficient (Wildman–Crippen LogP) is 6.58. The highest BCUT2D eigenvalue weighted by atomic mass is 31.2. The van der Waals surface area contributed by atoms with Gasteiger partial charge < -0.3 is 13.9 Å². The van der Waals surface area contributed by atoms with E-state index in [0.717, 1.165) is 22.3 Å². The van der Waals surface area contributed by atoms with Crippen molar-refractivity contribution in [2.75, 3.05) is 0 Å². The van der Waals surface area contributed by atoms with Crippen LogP contribution in [0.1, 0.15) is 63.8 Å². The molecule has 0 saturated carbocycles. The normalized spacial score (nSPS) is 12.4. The molecule has 0 aliphatic heterocycles. The minimum absolute atomic E-state index is 0.0865. The minimum Gasteiger partial charge on any atom is -0.417 e. The molecule has 4 heteroatoms. The molecule has 0 saturated heterocycles. The zero-order valence-corrected chi connectivity index (χ0v) is 18.1. The molecule has 2 rings (SSSR count). The van der Waals surface area contributed by atoms with E-state index in [1.165, 1.54) is 0 Å². The van der Waals surface area contributed by atoms with E-state index in [4.69, 9.17) is 9.05 Å². The molecular weight excluding hydrogens is 343 g/mol. The Hall–Kier alpha value is -1.57. The van der Waals surface area contributed by atoms with Crippen molar-refractivity contribution in [3.05, 3.63) is 58.7 Å². The van der Waals surface area contributed by atoms with Gasteiger partial charge in [0.15, 0.2) is 0 Å². The highest BCUT2D eigenvalue weighted by Crippen LogP contribution is 2.45. The topological polar surface area (TPSA) is 38.7 Å². The van der Waals surface area contributed by atoms with Crippen LogP contribution in [-0.4, -0.2) is 4.89 Å². The molecule has 0 aromatic heterocycles. The van der Waals surface area contributed by atoms with Crippen molar-refractivity contribution in [2.24, 2.45) is 0 Å². The first-order valence-corrected chi connectivity index (χ1v) is 10.1. The summed E-state index contributed by atoms with van der Waals surface area (Å²) in [5, 5.41) is 0. The lowest BCUT2D eigenvalue weighted by molar-refractivity contribution is 0.369. The quantitative estimate of drug-likeness (QED) is 0.615. The first-order chi connectivity index (χ1) is 11.9. The van der Waals surface area contributed by atoms with Crippen LogP contribution < -0.4 is 9.05 Å². The highest BCUT2D eigenvalue weighted by Gasteiger charge is 2.26. The average molecular weight is 374 g/mol. The maximum atomic E-state index is 10.6. The van der Waals surface area contributed by atoms with Gasteiger partial charge in [-0.05, 0) is 35.8 Å². The summed E-state index contributed by atoms with van der Waals surface area (Å²) >= 11 is 0. The molecule has 2 aromatic carbocycles. The summed E-state index contributed by atoms with van der Waals surface area (Å²) in [5.74, 6) is 1.42.